The average molecular weight is 241 g/mol. The molecule has 1 aromatic rings. The van der Waals surface area contributed by atoms with Crippen LogP contribution in [-0.2, 0) is 4.79 Å². The number of aryl methyl sites for hydroxylation is 1. The largest absolute Gasteiger partial charge is 0.496 e. The van der Waals surface area contributed by atoms with Gasteiger partial charge in [0, 0.05) is 17.0 Å². The molecule has 0 aliphatic carbocycles. The van der Waals surface area contributed by atoms with Crippen LogP contribution >= 0.6 is 11.6 Å². The van der Waals surface area contributed by atoms with Gasteiger partial charge in [0.2, 0.25) is 0 Å². The number of ether oxygens (including phenoxy) is 1. The van der Waals surface area contributed by atoms with Gasteiger partial charge in [-0.2, -0.15) is 0 Å². The van der Waals surface area contributed by atoms with Crippen LogP contribution in [0.25, 0.3) is 0 Å². The number of hydrogen-bond donors (Lipinski definition) is 0. The van der Waals surface area contributed by atoms with E-state index in [1.54, 1.807) is 7.11 Å². The number of halogens is 1. The molecule has 0 N–H and O–H groups in total. The van der Waals surface area contributed by atoms with Crippen molar-refractivity contribution in [3.05, 3.63) is 27.8 Å². The number of rotatable bonds is 4. The number of methoxy groups -OCH3 is 1. The first-order chi connectivity index (χ1) is 7.52. The van der Waals surface area contributed by atoms with Gasteiger partial charge < -0.3 is 9.53 Å². The molecule has 0 saturated carbocycles. The second kappa shape index (κ2) is 5.35. The molecule has 0 spiro atoms. The highest BCUT2D eigenvalue weighted by Crippen LogP contribution is 2.37. The quantitative estimate of drug-likeness (QED) is 0.751. The zero-order valence-electron chi connectivity index (χ0n) is 10.1. The molecule has 0 aliphatic rings. The van der Waals surface area contributed by atoms with Gasteiger partial charge in [0.15, 0.2) is 0 Å². The smallest absolute Gasteiger partial charge is 0.125 e. The Morgan fingerprint density at radius 3 is 2.62 bits per heavy atom. The highest BCUT2D eigenvalue weighted by molar-refractivity contribution is 6.31. The molecular formula is C13H17ClO2. The minimum atomic E-state index is 0.129. The first kappa shape index (κ1) is 13.0. The van der Waals surface area contributed by atoms with Crippen LogP contribution in [0.3, 0.4) is 0 Å². The Morgan fingerprint density at radius 1 is 1.50 bits per heavy atom. The van der Waals surface area contributed by atoms with Gasteiger partial charge in [-0.3, -0.25) is 0 Å². The molecule has 0 radical (unpaired) electrons. The fourth-order valence-electron chi connectivity index (χ4n) is 2.00. The van der Waals surface area contributed by atoms with Crippen LogP contribution in [0.1, 0.15) is 36.0 Å². The summed E-state index contributed by atoms with van der Waals surface area (Å²) in [7, 11) is 1.65. The van der Waals surface area contributed by atoms with Gasteiger partial charge in [-0.15, -0.1) is 0 Å². The molecule has 3 heteroatoms. The van der Waals surface area contributed by atoms with E-state index in [2.05, 4.69) is 0 Å². The molecule has 0 aromatic heterocycles. The zero-order valence-corrected chi connectivity index (χ0v) is 10.9. The first-order valence-corrected chi connectivity index (χ1v) is 5.67. The Kier molecular flexibility index (Phi) is 4.36. The van der Waals surface area contributed by atoms with Gasteiger partial charge in [0.25, 0.3) is 0 Å². The lowest BCUT2D eigenvalue weighted by Gasteiger charge is -2.19. The molecule has 16 heavy (non-hydrogen) atoms. The number of hydrogen-bond acceptors (Lipinski definition) is 2. The van der Waals surface area contributed by atoms with E-state index in [0.29, 0.717) is 6.42 Å². The van der Waals surface area contributed by atoms with Gasteiger partial charge >= 0.3 is 0 Å². The fourth-order valence-corrected chi connectivity index (χ4v) is 2.27. The maximum Gasteiger partial charge on any atom is 0.125 e. The molecule has 0 fully saturated rings. The molecule has 0 aliphatic heterocycles. The van der Waals surface area contributed by atoms with Gasteiger partial charge in [-0.25, -0.2) is 0 Å². The molecule has 0 heterocycles. The van der Waals surface area contributed by atoms with Crippen molar-refractivity contribution in [1.29, 1.82) is 0 Å². The van der Waals surface area contributed by atoms with Crippen LogP contribution in [0, 0.1) is 13.8 Å². The fraction of sp³-hybridized carbons (Fsp3) is 0.462. The second-order valence-corrected chi connectivity index (χ2v) is 4.46. The van der Waals surface area contributed by atoms with E-state index in [1.807, 2.05) is 26.8 Å². The van der Waals surface area contributed by atoms with Crippen LogP contribution in [0.4, 0.5) is 0 Å². The van der Waals surface area contributed by atoms with Crippen LogP contribution < -0.4 is 4.74 Å². The van der Waals surface area contributed by atoms with Crippen molar-refractivity contribution in [3.63, 3.8) is 0 Å². The molecule has 1 atom stereocenters. The van der Waals surface area contributed by atoms with Gasteiger partial charge in [-0.1, -0.05) is 18.5 Å². The van der Waals surface area contributed by atoms with Crippen molar-refractivity contribution < 1.29 is 9.53 Å². The Balaban J connectivity index is 3.37. The third-order valence-corrected chi connectivity index (χ3v) is 3.25. The molecule has 1 aromatic carbocycles. The molecule has 88 valence electrons. The Hall–Kier alpha value is -1.02. The highest BCUT2D eigenvalue weighted by Gasteiger charge is 2.18. The first-order valence-electron chi connectivity index (χ1n) is 5.30. The summed E-state index contributed by atoms with van der Waals surface area (Å²) in [6.07, 6.45) is 1.41. The van der Waals surface area contributed by atoms with Crippen LogP contribution in [0.5, 0.6) is 5.75 Å². The summed E-state index contributed by atoms with van der Waals surface area (Å²) in [5, 5.41) is 0.728. The summed E-state index contributed by atoms with van der Waals surface area (Å²) in [6, 6.07) is 1.90. The SMILES string of the molecule is COc1c(C)cc(Cl)c(C)c1C(C)CC=O. The van der Waals surface area contributed by atoms with E-state index < -0.39 is 0 Å². The lowest BCUT2D eigenvalue weighted by Crippen LogP contribution is -2.03. The minimum absolute atomic E-state index is 0.129. The molecule has 1 rings (SSSR count). The van der Waals surface area contributed by atoms with Crippen LogP contribution in [0.15, 0.2) is 6.07 Å². The number of benzene rings is 1. The second-order valence-electron chi connectivity index (χ2n) is 4.05. The maximum atomic E-state index is 10.6. The van der Waals surface area contributed by atoms with Crippen molar-refractivity contribution >= 4 is 17.9 Å². The molecule has 0 bridgehead atoms. The predicted octanol–water partition coefficient (Wildman–Crippen LogP) is 3.66. The van der Waals surface area contributed by atoms with E-state index in [-0.39, 0.29) is 5.92 Å². The topological polar surface area (TPSA) is 26.3 Å². The standard InChI is InChI=1S/C13H17ClO2/c1-8(5-6-15)12-10(3)11(14)7-9(2)13(12)16-4/h6-8H,5H2,1-4H3. The van der Waals surface area contributed by atoms with Crippen molar-refractivity contribution in [2.24, 2.45) is 0 Å². The lowest BCUT2D eigenvalue weighted by molar-refractivity contribution is -0.108. The lowest BCUT2D eigenvalue weighted by atomic mass is 9.91. The van der Waals surface area contributed by atoms with E-state index in [0.717, 1.165) is 33.7 Å². The molecule has 1 unspecified atom stereocenters. The Morgan fingerprint density at radius 2 is 2.12 bits per heavy atom. The third kappa shape index (κ3) is 2.38. The molecular weight excluding hydrogens is 224 g/mol. The van der Waals surface area contributed by atoms with E-state index in [1.165, 1.54) is 0 Å². The van der Waals surface area contributed by atoms with Crippen molar-refractivity contribution in [2.45, 2.75) is 33.1 Å². The monoisotopic (exact) mass is 240 g/mol. The highest BCUT2D eigenvalue weighted by atomic mass is 35.5. The van der Waals surface area contributed by atoms with Gasteiger partial charge in [-0.05, 0) is 37.0 Å². The summed E-state index contributed by atoms with van der Waals surface area (Å²) < 4.78 is 5.40. The normalized spacial score (nSPS) is 12.3. The maximum absolute atomic E-state index is 10.6. The zero-order chi connectivity index (χ0) is 12.3. The summed E-state index contributed by atoms with van der Waals surface area (Å²) in [5.41, 5.74) is 3.05. The van der Waals surface area contributed by atoms with E-state index in [4.69, 9.17) is 16.3 Å². The Labute approximate surface area is 102 Å². The van der Waals surface area contributed by atoms with Crippen LogP contribution in [-0.4, -0.2) is 13.4 Å². The average Bonchev–Trinajstić information content (AvgIpc) is 2.23. The number of carbonyl (C=O) groups excluding carboxylic acids is 1. The van der Waals surface area contributed by atoms with Gasteiger partial charge in [0.05, 0.1) is 7.11 Å². The Bertz CT molecular complexity index is 399. The number of aldehydes is 1. The summed E-state index contributed by atoms with van der Waals surface area (Å²) in [4.78, 5) is 10.6. The molecule has 0 amide bonds. The van der Waals surface area contributed by atoms with E-state index in [9.17, 15) is 4.79 Å². The third-order valence-electron chi connectivity index (χ3n) is 2.85. The van der Waals surface area contributed by atoms with Crippen molar-refractivity contribution in [3.8, 4) is 5.75 Å². The van der Waals surface area contributed by atoms with Crippen molar-refractivity contribution in [2.75, 3.05) is 7.11 Å². The molecule has 0 saturated heterocycles. The minimum Gasteiger partial charge on any atom is -0.496 e. The summed E-state index contributed by atoms with van der Waals surface area (Å²) >= 11 is 6.15. The van der Waals surface area contributed by atoms with Crippen LogP contribution in [0.2, 0.25) is 5.02 Å². The molecule has 2 nitrogen and oxygen atoms in total. The van der Waals surface area contributed by atoms with E-state index >= 15 is 0 Å². The summed E-state index contributed by atoms with van der Waals surface area (Å²) in [6.45, 7) is 5.93. The predicted molar refractivity (Wildman–Crippen MR) is 66.6 cm³/mol. The van der Waals surface area contributed by atoms with Gasteiger partial charge in [0.1, 0.15) is 12.0 Å². The summed E-state index contributed by atoms with van der Waals surface area (Å²) in [5.74, 6) is 0.973. The number of carbonyl (C=O) groups is 1. The van der Waals surface area contributed by atoms with Crippen molar-refractivity contribution in [1.82, 2.24) is 0 Å².